The zero-order valence-corrected chi connectivity index (χ0v) is 12.2. The minimum atomic E-state index is -0.167. The van der Waals surface area contributed by atoms with Crippen molar-refractivity contribution in [3.05, 3.63) is 0 Å². The molecular weight excluding hydrogens is 224 g/mol. The van der Waals surface area contributed by atoms with Crippen LogP contribution in [0, 0.1) is 17.8 Å². The van der Waals surface area contributed by atoms with Crippen LogP contribution in [0.1, 0.15) is 72.1 Å². The number of ether oxygens (including phenoxy) is 1. The standard InChI is InChI=1S/C16H28O2/c1-4-13-10-12(2)14(11-13)15(17)18-16(3)8-6-5-7-9-16/h12-14H,4-11H2,1-3H3. The second kappa shape index (κ2) is 5.63. The summed E-state index contributed by atoms with van der Waals surface area (Å²) in [6.45, 7) is 6.57. The molecule has 0 radical (unpaired) electrons. The molecule has 2 nitrogen and oxygen atoms in total. The molecule has 0 N–H and O–H groups in total. The Morgan fingerprint density at radius 2 is 1.89 bits per heavy atom. The third kappa shape index (κ3) is 3.07. The molecule has 3 unspecified atom stereocenters. The van der Waals surface area contributed by atoms with Crippen LogP contribution in [-0.4, -0.2) is 11.6 Å². The predicted octanol–water partition coefficient (Wildman–Crippen LogP) is 4.32. The minimum Gasteiger partial charge on any atom is -0.459 e. The number of rotatable bonds is 3. The number of carbonyl (C=O) groups excluding carboxylic acids is 1. The first kappa shape index (κ1) is 13.9. The molecule has 2 fully saturated rings. The van der Waals surface area contributed by atoms with E-state index in [9.17, 15) is 4.79 Å². The smallest absolute Gasteiger partial charge is 0.309 e. The normalized spacial score (nSPS) is 35.4. The summed E-state index contributed by atoms with van der Waals surface area (Å²) in [5.74, 6) is 1.49. The van der Waals surface area contributed by atoms with E-state index in [1.54, 1.807) is 0 Å². The molecule has 0 heterocycles. The van der Waals surface area contributed by atoms with Crippen LogP contribution in [0.5, 0.6) is 0 Å². The number of carbonyl (C=O) groups is 1. The zero-order chi connectivity index (χ0) is 13.2. The van der Waals surface area contributed by atoms with Gasteiger partial charge in [-0.2, -0.15) is 0 Å². The Bertz CT molecular complexity index is 291. The van der Waals surface area contributed by atoms with Crippen LogP contribution in [0.15, 0.2) is 0 Å². The predicted molar refractivity (Wildman–Crippen MR) is 73.3 cm³/mol. The van der Waals surface area contributed by atoms with E-state index in [1.165, 1.54) is 32.1 Å². The van der Waals surface area contributed by atoms with Gasteiger partial charge in [0, 0.05) is 0 Å². The van der Waals surface area contributed by atoms with E-state index >= 15 is 0 Å². The van der Waals surface area contributed by atoms with Crippen LogP contribution in [-0.2, 0) is 9.53 Å². The van der Waals surface area contributed by atoms with Crippen LogP contribution in [0.2, 0.25) is 0 Å². The van der Waals surface area contributed by atoms with Crippen molar-refractivity contribution in [3.63, 3.8) is 0 Å². The first-order chi connectivity index (χ1) is 8.54. The van der Waals surface area contributed by atoms with Crippen LogP contribution in [0.4, 0.5) is 0 Å². The molecule has 2 aliphatic rings. The minimum absolute atomic E-state index is 0.0860. The molecule has 2 aliphatic carbocycles. The van der Waals surface area contributed by atoms with E-state index in [-0.39, 0.29) is 17.5 Å². The molecule has 2 rings (SSSR count). The van der Waals surface area contributed by atoms with Gasteiger partial charge in [0.05, 0.1) is 5.92 Å². The maximum absolute atomic E-state index is 12.4. The van der Waals surface area contributed by atoms with Crippen LogP contribution in [0.3, 0.4) is 0 Å². The van der Waals surface area contributed by atoms with Crippen molar-refractivity contribution in [3.8, 4) is 0 Å². The maximum atomic E-state index is 12.4. The van der Waals surface area contributed by atoms with E-state index in [1.807, 2.05) is 0 Å². The highest BCUT2D eigenvalue weighted by Crippen LogP contribution is 2.40. The van der Waals surface area contributed by atoms with E-state index in [2.05, 4.69) is 20.8 Å². The van der Waals surface area contributed by atoms with Gasteiger partial charge in [-0.25, -0.2) is 0 Å². The summed E-state index contributed by atoms with van der Waals surface area (Å²) in [5.41, 5.74) is -0.167. The third-order valence-corrected chi connectivity index (χ3v) is 5.12. The Balaban J connectivity index is 1.91. The summed E-state index contributed by atoms with van der Waals surface area (Å²) < 4.78 is 5.89. The van der Waals surface area contributed by atoms with Gasteiger partial charge in [-0.1, -0.05) is 26.7 Å². The Morgan fingerprint density at radius 1 is 1.22 bits per heavy atom. The number of hydrogen-bond donors (Lipinski definition) is 0. The van der Waals surface area contributed by atoms with Crippen molar-refractivity contribution in [2.24, 2.45) is 17.8 Å². The van der Waals surface area contributed by atoms with Gasteiger partial charge in [0.25, 0.3) is 0 Å². The molecular formula is C16H28O2. The van der Waals surface area contributed by atoms with Crippen molar-refractivity contribution in [1.29, 1.82) is 0 Å². The largest absolute Gasteiger partial charge is 0.459 e. The molecule has 0 aliphatic heterocycles. The molecule has 2 saturated carbocycles. The van der Waals surface area contributed by atoms with Crippen molar-refractivity contribution in [2.75, 3.05) is 0 Å². The highest BCUT2D eigenvalue weighted by Gasteiger charge is 2.39. The fraction of sp³-hybridized carbons (Fsp3) is 0.938. The van der Waals surface area contributed by atoms with Gasteiger partial charge in [-0.3, -0.25) is 4.79 Å². The Morgan fingerprint density at radius 3 is 2.44 bits per heavy atom. The highest BCUT2D eigenvalue weighted by molar-refractivity contribution is 5.73. The highest BCUT2D eigenvalue weighted by atomic mass is 16.6. The van der Waals surface area contributed by atoms with Crippen molar-refractivity contribution in [2.45, 2.75) is 77.7 Å². The van der Waals surface area contributed by atoms with Gasteiger partial charge >= 0.3 is 5.97 Å². The Hall–Kier alpha value is -0.530. The fourth-order valence-corrected chi connectivity index (χ4v) is 3.76. The average Bonchev–Trinajstić information content (AvgIpc) is 2.71. The van der Waals surface area contributed by atoms with E-state index in [0.29, 0.717) is 5.92 Å². The van der Waals surface area contributed by atoms with Gasteiger partial charge in [0.15, 0.2) is 0 Å². The van der Waals surface area contributed by atoms with Crippen LogP contribution in [0.25, 0.3) is 0 Å². The molecule has 3 atom stereocenters. The molecule has 0 aromatic rings. The summed E-state index contributed by atoms with van der Waals surface area (Å²) in [5, 5.41) is 0. The quantitative estimate of drug-likeness (QED) is 0.699. The summed E-state index contributed by atoms with van der Waals surface area (Å²) in [4.78, 5) is 12.4. The summed E-state index contributed by atoms with van der Waals surface area (Å²) >= 11 is 0. The third-order valence-electron chi connectivity index (χ3n) is 5.12. The summed E-state index contributed by atoms with van der Waals surface area (Å²) in [7, 11) is 0. The second-order valence-corrected chi connectivity index (χ2v) is 6.76. The lowest BCUT2D eigenvalue weighted by Crippen LogP contribution is -2.36. The second-order valence-electron chi connectivity index (χ2n) is 6.76. The van der Waals surface area contributed by atoms with Gasteiger partial charge in [0.1, 0.15) is 5.60 Å². The Kier molecular flexibility index (Phi) is 4.34. The molecule has 0 aromatic carbocycles. The number of hydrogen-bond acceptors (Lipinski definition) is 2. The molecule has 18 heavy (non-hydrogen) atoms. The molecule has 0 bridgehead atoms. The first-order valence-corrected chi connectivity index (χ1v) is 7.77. The lowest BCUT2D eigenvalue weighted by atomic mass is 9.86. The van der Waals surface area contributed by atoms with Crippen molar-refractivity contribution < 1.29 is 9.53 Å². The monoisotopic (exact) mass is 252 g/mol. The average molecular weight is 252 g/mol. The lowest BCUT2D eigenvalue weighted by molar-refractivity contribution is -0.167. The van der Waals surface area contributed by atoms with Gasteiger partial charge in [-0.15, -0.1) is 0 Å². The van der Waals surface area contributed by atoms with Crippen LogP contribution >= 0.6 is 0 Å². The summed E-state index contributed by atoms with van der Waals surface area (Å²) in [6, 6.07) is 0. The van der Waals surface area contributed by atoms with Crippen LogP contribution < -0.4 is 0 Å². The fourth-order valence-electron chi connectivity index (χ4n) is 3.76. The SMILES string of the molecule is CCC1CC(C)C(C(=O)OC2(C)CCCCC2)C1. The molecule has 104 valence electrons. The lowest BCUT2D eigenvalue weighted by Gasteiger charge is -2.34. The van der Waals surface area contributed by atoms with Gasteiger partial charge < -0.3 is 4.74 Å². The van der Waals surface area contributed by atoms with Crippen molar-refractivity contribution >= 4 is 5.97 Å². The topological polar surface area (TPSA) is 26.3 Å². The Labute approximate surface area is 111 Å². The maximum Gasteiger partial charge on any atom is 0.309 e. The van der Waals surface area contributed by atoms with Gasteiger partial charge in [-0.05, 0) is 57.3 Å². The van der Waals surface area contributed by atoms with E-state index in [4.69, 9.17) is 4.74 Å². The molecule has 0 spiro atoms. The molecule has 0 aromatic heterocycles. The van der Waals surface area contributed by atoms with E-state index < -0.39 is 0 Å². The summed E-state index contributed by atoms with van der Waals surface area (Å²) in [6.07, 6.45) is 9.27. The van der Waals surface area contributed by atoms with Gasteiger partial charge in [0.2, 0.25) is 0 Å². The molecule has 0 saturated heterocycles. The first-order valence-electron chi connectivity index (χ1n) is 7.77. The number of esters is 1. The van der Waals surface area contributed by atoms with Crippen molar-refractivity contribution in [1.82, 2.24) is 0 Å². The molecule has 0 amide bonds. The van der Waals surface area contributed by atoms with E-state index in [0.717, 1.165) is 25.2 Å². The zero-order valence-electron chi connectivity index (χ0n) is 12.2. The molecule has 2 heteroatoms.